The van der Waals surface area contributed by atoms with E-state index in [0.717, 1.165) is 11.3 Å². The lowest BCUT2D eigenvalue weighted by Gasteiger charge is -2.25. The van der Waals surface area contributed by atoms with Crippen molar-refractivity contribution in [3.05, 3.63) is 51.8 Å². The number of rotatable bonds is 6. The number of benzene rings is 1. The zero-order valence-electron chi connectivity index (χ0n) is 14.0. The molecule has 0 aliphatic heterocycles. The third-order valence-electron chi connectivity index (χ3n) is 3.56. The molecule has 3 aromatic rings. The highest BCUT2D eigenvalue weighted by atomic mass is 35.5. The second-order valence-corrected chi connectivity index (χ2v) is 6.79. The van der Waals surface area contributed by atoms with Gasteiger partial charge in [0.1, 0.15) is 16.7 Å². The maximum atomic E-state index is 13.2. The fourth-order valence-electron chi connectivity index (χ4n) is 2.23. The number of anilines is 2. The quantitative estimate of drug-likeness (QED) is 0.615. The van der Waals surface area contributed by atoms with Gasteiger partial charge < -0.3 is 14.5 Å². The smallest absolute Gasteiger partial charge is 0.326 e. The van der Waals surface area contributed by atoms with Gasteiger partial charge in [-0.3, -0.25) is 4.79 Å². The van der Waals surface area contributed by atoms with E-state index in [1.165, 1.54) is 36.1 Å². The topological polar surface area (TPSA) is 109 Å². The predicted octanol–water partition coefficient (Wildman–Crippen LogP) is 3.47. The molecular formula is C16H12ClFN4O4S. The minimum absolute atomic E-state index is 0.0278. The summed E-state index contributed by atoms with van der Waals surface area (Å²) in [6.45, 7) is 2.99. The molecule has 3 rings (SSSR count). The van der Waals surface area contributed by atoms with Crippen LogP contribution in [0.4, 0.5) is 15.2 Å². The van der Waals surface area contributed by atoms with Gasteiger partial charge in [-0.15, -0.1) is 0 Å². The van der Waals surface area contributed by atoms with Gasteiger partial charge in [0, 0.05) is 5.69 Å². The molecule has 0 aliphatic carbocycles. The van der Waals surface area contributed by atoms with Gasteiger partial charge in [-0.05, 0) is 38.1 Å². The third kappa shape index (κ3) is 3.81. The lowest BCUT2D eigenvalue weighted by atomic mass is 10.2. The highest BCUT2D eigenvalue weighted by Gasteiger charge is 2.30. The standard InChI is InChI=1S/C16H12ClFN4O4S/c1-7(15(24)25)22(10-5-3-9(18)4-6-10)16-20-13(17)12(27-16)11(23)14-19-8(2)21-26-14/h3-7H,1-2H3,(H,24,25). The first-order chi connectivity index (χ1) is 12.8. The fourth-order valence-corrected chi connectivity index (χ4v) is 3.56. The van der Waals surface area contributed by atoms with E-state index in [1.54, 1.807) is 6.92 Å². The highest BCUT2D eigenvalue weighted by Crippen LogP contribution is 2.36. The van der Waals surface area contributed by atoms with Gasteiger partial charge in [-0.2, -0.15) is 4.98 Å². The van der Waals surface area contributed by atoms with Crippen LogP contribution in [0, 0.1) is 12.7 Å². The molecule has 0 amide bonds. The lowest BCUT2D eigenvalue weighted by Crippen LogP contribution is -2.35. The number of carbonyl (C=O) groups is 2. The number of hydrogen-bond donors (Lipinski definition) is 1. The first-order valence-electron chi connectivity index (χ1n) is 7.57. The number of halogens is 2. The molecule has 1 aromatic carbocycles. The van der Waals surface area contributed by atoms with Crippen LogP contribution < -0.4 is 4.90 Å². The third-order valence-corrected chi connectivity index (χ3v) is 5.00. The van der Waals surface area contributed by atoms with Crippen molar-refractivity contribution in [2.24, 2.45) is 0 Å². The Morgan fingerprint density at radius 2 is 1.96 bits per heavy atom. The van der Waals surface area contributed by atoms with Crippen LogP contribution in [-0.4, -0.2) is 38.0 Å². The number of aliphatic carboxylic acids is 1. The van der Waals surface area contributed by atoms with Crippen LogP contribution in [0.25, 0.3) is 0 Å². The lowest BCUT2D eigenvalue weighted by molar-refractivity contribution is -0.138. The summed E-state index contributed by atoms with van der Waals surface area (Å²) in [5.41, 5.74) is 0.379. The summed E-state index contributed by atoms with van der Waals surface area (Å²) in [6.07, 6.45) is 0. The average molecular weight is 411 g/mol. The second kappa shape index (κ2) is 7.41. The van der Waals surface area contributed by atoms with E-state index in [1.807, 2.05) is 0 Å². The van der Waals surface area contributed by atoms with Crippen molar-refractivity contribution in [2.75, 3.05) is 4.90 Å². The Bertz CT molecular complexity index is 1000. The Morgan fingerprint density at radius 1 is 1.30 bits per heavy atom. The van der Waals surface area contributed by atoms with Gasteiger partial charge in [-0.1, -0.05) is 28.1 Å². The van der Waals surface area contributed by atoms with Crippen LogP contribution in [0.15, 0.2) is 28.8 Å². The molecule has 0 bridgehead atoms. The van der Waals surface area contributed by atoms with Crippen molar-refractivity contribution in [1.82, 2.24) is 15.1 Å². The Balaban J connectivity index is 2.04. The van der Waals surface area contributed by atoms with E-state index in [4.69, 9.17) is 16.1 Å². The summed E-state index contributed by atoms with van der Waals surface area (Å²) < 4.78 is 18.1. The number of carboxylic acids is 1. The van der Waals surface area contributed by atoms with E-state index in [-0.39, 0.29) is 26.9 Å². The fraction of sp³-hybridized carbons (Fsp3) is 0.188. The van der Waals surface area contributed by atoms with E-state index >= 15 is 0 Å². The SMILES string of the molecule is Cc1noc(C(=O)c2sc(N(c3ccc(F)cc3)C(C)C(=O)O)nc2Cl)n1. The minimum Gasteiger partial charge on any atom is -0.480 e. The van der Waals surface area contributed by atoms with Crippen LogP contribution in [0.3, 0.4) is 0 Å². The molecule has 8 nitrogen and oxygen atoms in total. The Hall–Kier alpha value is -2.85. The predicted molar refractivity (Wildman–Crippen MR) is 95.2 cm³/mol. The summed E-state index contributed by atoms with van der Waals surface area (Å²) >= 11 is 6.97. The maximum absolute atomic E-state index is 13.2. The van der Waals surface area contributed by atoms with Gasteiger partial charge in [0.2, 0.25) is 0 Å². The highest BCUT2D eigenvalue weighted by molar-refractivity contribution is 7.18. The van der Waals surface area contributed by atoms with Gasteiger partial charge in [0.25, 0.3) is 11.7 Å². The van der Waals surface area contributed by atoms with Gasteiger partial charge in [-0.25, -0.2) is 14.2 Å². The molecular weight excluding hydrogens is 399 g/mol. The van der Waals surface area contributed by atoms with Crippen molar-refractivity contribution < 1.29 is 23.6 Å². The number of carbonyl (C=O) groups excluding carboxylic acids is 1. The molecule has 0 aliphatic rings. The number of aromatic nitrogens is 3. The molecule has 2 aromatic heterocycles. The zero-order chi connectivity index (χ0) is 19.7. The van der Waals surface area contributed by atoms with Crippen molar-refractivity contribution in [2.45, 2.75) is 19.9 Å². The van der Waals surface area contributed by atoms with Crippen LogP contribution in [0.1, 0.15) is 28.3 Å². The van der Waals surface area contributed by atoms with Crippen LogP contribution in [0.2, 0.25) is 5.15 Å². The summed E-state index contributed by atoms with van der Waals surface area (Å²) in [4.78, 5) is 33.4. The van der Waals surface area contributed by atoms with Crippen LogP contribution in [-0.2, 0) is 4.79 Å². The second-order valence-electron chi connectivity index (χ2n) is 5.45. The molecule has 0 spiro atoms. The molecule has 140 valence electrons. The van der Waals surface area contributed by atoms with Crippen LogP contribution in [0.5, 0.6) is 0 Å². The van der Waals surface area contributed by atoms with E-state index in [9.17, 15) is 19.1 Å². The number of ketones is 1. The van der Waals surface area contributed by atoms with Crippen LogP contribution >= 0.6 is 22.9 Å². The molecule has 0 radical (unpaired) electrons. The molecule has 0 fully saturated rings. The molecule has 1 atom stereocenters. The van der Waals surface area contributed by atoms with Gasteiger partial charge in [0.05, 0.1) is 0 Å². The first-order valence-corrected chi connectivity index (χ1v) is 8.76. The van der Waals surface area contributed by atoms with Crippen molar-refractivity contribution in [1.29, 1.82) is 0 Å². The molecule has 0 saturated heterocycles. The number of nitrogens with zero attached hydrogens (tertiary/aromatic N) is 4. The normalized spacial score (nSPS) is 12.0. The first kappa shape index (κ1) is 18.9. The van der Waals surface area contributed by atoms with Crippen molar-refractivity contribution in [3.8, 4) is 0 Å². The maximum Gasteiger partial charge on any atom is 0.326 e. The number of thiazole rings is 1. The minimum atomic E-state index is -1.13. The zero-order valence-corrected chi connectivity index (χ0v) is 15.6. The van der Waals surface area contributed by atoms with Crippen molar-refractivity contribution >= 4 is 45.5 Å². The number of aryl methyl sites for hydroxylation is 1. The summed E-state index contributed by atoms with van der Waals surface area (Å²) in [6, 6.07) is 4.16. The summed E-state index contributed by atoms with van der Waals surface area (Å²) in [5.74, 6) is -2.19. The summed E-state index contributed by atoms with van der Waals surface area (Å²) in [5, 5.41) is 13.0. The summed E-state index contributed by atoms with van der Waals surface area (Å²) in [7, 11) is 0. The molecule has 11 heteroatoms. The largest absolute Gasteiger partial charge is 0.480 e. The molecule has 1 unspecified atom stereocenters. The van der Waals surface area contributed by atoms with Gasteiger partial charge >= 0.3 is 5.97 Å². The Kier molecular flexibility index (Phi) is 5.19. The molecule has 27 heavy (non-hydrogen) atoms. The monoisotopic (exact) mass is 410 g/mol. The van der Waals surface area contributed by atoms with E-state index < -0.39 is 23.6 Å². The molecule has 2 heterocycles. The van der Waals surface area contributed by atoms with Crippen molar-refractivity contribution in [3.63, 3.8) is 0 Å². The Morgan fingerprint density at radius 3 is 2.52 bits per heavy atom. The molecule has 1 N–H and O–H groups in total. The number of hydrogen-bond acceptors (Lipinski definition) is 8. The van der Waals surface area contributed by atoms with E-state index in [2.05, 4.69) is 15.1 Å². The van der Waals surface area contributed by atoms with Gasteiger partial charge in [0.15, 0.2) is 16.1 Å². The molecule has 0 saturated carbocycles. The Labute approximate surface area is 161 Å². The van der Waals surface area contributed by atoms with E-state index in [0.29, 0.717) is 5.69 Å². The average Bonchev–Trinajstić information content (AvgIpc) is 3.22. The number of carboxylic acid groups (broad SMARTS) is 1.